The second-order valence-corrected chi connectivity index (χ2v) is 8.58. The molecule has 0 aliphatic heterocycles. The second-order valence-electron chi connectivity index (χ2n) is 7.42. The van der Waals surface area contributed by atoms with Crippen LogP contribution < -0.4 is 0 Å². The Labute approximate surface area is 178 Å². The molecule has 0 saturated carbocycles. The summed E-state index contributed by atoms with van der Waals surface area (Å²) in [5.41, 5.74) is 3.48. The van der Waals surface area contributed by atoms with Crippen LogP contribution in [0.5, 0.6) is 0 Å². The molecule has 130 valence electrons. The van der Waals surface area contributed by atoms with E-state index in [9.17, 15) is 0 Å². The molecular formula is C20H34ClSiY-2. The molecule has 0 nitrogen and oxygen atoms in total. The summed E-state index contributed by atoms with van der Waals surface area (Å²) in [6.45, 7) is 17.8. The minimum absolute atomic E-state index is 0. The van der Waals surface area contributed by atoms with Crippen molar-refractivity contribution >= 4 is 21.9 Å². The predicted molar refractivity (Wildman–Crippen MR) is 108 cm³/mol. The van der Waals surface area contributed by atoms with Crippen molar-refractivity contribution in [1.82, 2.24) is 0 Å². The molecule has 0 bridgehead atoms. The standard InChI is InChI=1S/2C9H13.C2H7Si.ClH.Y/c2*1-9(2,3)8-6-4-5-7-8;1-3-2;;/h2*4-7H,1-3H3;3H,1-2H3;1H;/q2*-1;;;. The molecule has 0 N–H and O–H groups in total. The third-order valence-corrected chi connectivity index (χ3v) is 3.06. The van der Waals surface area contributed by atoms with Gasteiger partial charge in [0.15, 0.2) is 0 Å². The van der Waals surface area contributed by atoms with Crippen LogP contribution in [0.15, 0.2) is 48.5 Å². The maximum absolute atomic E-state index is 2.22. The second kappa shape index (κ2) is 13.6. The van der Waals surface area contributed by atoms with E-state index in [4.69, 9.17) is 0 Å². The van der Waals surface area contributed by atoms with Crippen molar-refractivity contribution in [3.63, 3.8) is 0 Å². The van der Waals surface area contributed by atoms with Gasteiger partial charge in [-0.2, -0.15) is 47.5 Å². The van der Waals surface area contributed by atoms with Crippen LogP contribution in [0, 0.1) is 0 Å². The van der Waals surface area contributed by atoms with Gasteiger partial charge >= 0.3 is 0 Å². The molecule has 23 heavy (non-hydrogen) atoms. The van der Waals surface area contributed by atoms with Gasteiger partial charge in [0, 0.05) is 42.2 Å². The van der Waals surface area contributed by atoms with Gasteiger partial charge in [-0.05, 0) is 0 Å². The largest absolute Gasteiger partial charge is 0.210 e. The fraction of sp³-hybridized carbons (Fsp3) is 0.500. The molecule has 2 radical (unpaired) electrons. The maximum Gasteiger partial charge on any atom is 0.0213 e. The van der Waals surface area contributed by atoms with Crippen LogP contribution in [0.3, 0.4) is 0 Å². The molecule has 0 saturated heterocycles. The topological polar surface area (TPSA) is 0 Å². The van der Waals surface area contributed by atoms with E-state index >= 15 is 0 Å². The van der Waals surface area contributed by atoms with E-state index < -0.39 is 0 Å². The van der Waals surface area contributed by atoms with E-state index in [-0.39, 0.29) is 45.1 Å². The molecular weight excluding hydrogens is 393 g/mol. The van der Waals surface area contributed by atoms with Gasteiger partial charge in [0.2, 0.25) is 0 Å². The first-order chi connectivity index (χ1) is 9.62. The summed E-state index contributed by atoms with van der Waals surface area (Å²) in [6.07, 6.45) is 0. The fourth-order valence-electron chi connectivity index (χ4n) is 1.75. The quantitative estimate of drug-likeness (QED) is 0.340. The SMILES string of the molecule is CC(C)(C)c1cc[cH-]c1.CC(C)(C)c1cc[cH-]c1.C[SiH]C.Cl.[Y]. The minimum Gasteiger partial charge on any atom is -0.210 e. The maximum atomic E-state index is 2.22. The monoisotopic (exact) mass is 426 g/mol. The Balaban J connectivity index is -0.000000277. The first-order valence-corrected chi connectivity index (χ1v) is 10.1. The first-order valence-electron chi connectivity index (χ1n) is 7.81. The van der Waals surface area contributed by atoms with E-state index in [0.29, 0.717) is 10.8 Å². The molecule has 0 atom stereocenters. The summed E-state index contributed by atoms with van der Waals surface area (Å²) in [6, 6.07) is 17.0. The molecule has 3 heteroatoms. The van der Waals surface area contributed by atoms with Crippen molar-refractivity contribution in [3.05, 3.63) is 59.7 Å². The van der Waals surface area contributed by atoms with Crippen LogP contribution in [-0.4, -0.2) is 9.52 Å². The molecule has 0 spiro atoms. The van der Waals surface area contributed by atoms with Crippen molar-refractivity contribution in [1.29, 1.82) is 0 Å². The van der Waals surface area contributed by atoms with E-state index in [0.717, 1.165) is 9.52 Å². The van der Waals surface area contributed by atoms with E-state index in [1.54, 1.807) is 0 Å². The molecule has 0 aliphatic rings. The Morgan fingerprint density at radius 1 is 0.739 bits per heavy atom. The first kappa shape index (κ1) is 28.1. The number of rotatable bonds is 0. The third kappa shape index (κ3) is 13.3. The van der Waals surface area contributed by atoms with Gasteiger partial charge in [-0.1, -0.05) is 65.5 Å². The smallest absolute Gasteiger partial charge is 0.0213 e. The van der Waals surface area contributed by atoms with Gasteiger partial charge in [-0.3, -0.25) is 0 Å². The Hall–Kier alpha value is 0.311. The summed E-state index contributed by atoms with van der Waals surface area (Å²) in [4.78, 5) is 0. The molecule has 0 heterocycles. The molecule has 0 aliphatic carbocycles. The molecule has 0 amide bonds. The van der Waals surface area contributed by atoms with Crippen LogP contribution >= 0.6 is 12.4 Å². The summed E-state index contributed by atoms with van der Waals surface area (Å²) >= 11 is 0. The van der Waals surface area contributed by atoms with Crippen LogP contribution in [-0.2, 0) is 43.5 Å². The van der Waals surface area contributed by atoms with Crippen molar-refractivity contribution in [2.24, 2.45) is 0 Å². The van der Waals surface area contributed by atoms with Crippen LogP contribution in [0.1, 0.15) is 52.7 Å². The van der Waals surface area contributed by atoms with Gasteiger partial charge in [0.25, 0.3) is 0 Å². The van der Waals surface area contributed by atoms with E-state index in [1.807, 2.05) is 0 Å². The summed E-state index contributed by atoms with van der Waals surface area (Å²) in [5, 5.41) is 0. The van der Waals surface area contributed by atoms with Crippen molar-refractivity contribution in [2.75, 3.05) is 0 Å². The summed E-state index contributed by atoms with van der Waals surface area (Å²) < 4.78 is 0. The van der Waals surface area contributed by atoms with Crippen LogP contribution in [0.2, 0.25) is 13.1 Å². The van der Waals surface area contributed by atoms with Gasteiger partial charge in [-0.25, -0.2) is 12.1 Å². The third-order valence-electron chi connectivity index (χ3n) is 3.06. The number of hydrogen-bond donors (Lipinski definition) is 0. The van der Waals surface area contributed by atoms with Crippen molar-refractivity contribution in [3.8, 4) is 0 Å². The fourth-order valence-corrected chi connectivity index (χ4v) is 1.75. The Morgan fingerprint density at radius 3 is 1.09 bits per heavy atom. The van der Waals surface area contributed by atoms with E-state index in [1.165, 1.54) is 11.1 Å². The van der Waals surface area contributed by atoms with Gasteiger partial charge in [-0.15, -0.1) is 12.4 Å². The Bertz CT molecular complexity index is 401. The van der Waals surface area contributed by atoms with E-state index in [2.05, 4.69) is 103 Å². The summed E-state index contributed by atoms with van der Waals surface area (Å²) in [5.74, 6) is 0. The van der Waals surface area contributed by atoms with Gasteiger partial charge in [0.1, 0.15) is 0 Å². The molecule has 2 aromatic rings. The molecule has 2 aromatic carbocycles. The van der Waals surface area contributed by atoms with Crippen LogP contribution in [0.4, 0.5) is 0 Å². The summed E-state index contributed by atoms with van der Waals surface area (Å²) in [7, 11) is 0.750. The number of hydrogen-bond acceptors (Lipinski definition) is 0. The zero-order chi connectivity index (χ0) is 16.5. The number of halogens is 1. The van der Waals surface area contributed by atoms with Crippen LogP contribution in [0.25, 0.3) is 0 Å². The van der Waals surface area contributed by atoms with Crippen molar-refractivity contribution in [2.45, 2.75) is 65.5 Å². The van der Waals surface area contributed by atoms with Gasteiger partial charge in [0.05, 0.1) is 0 Å². The Morgan fingerprint density at radius 2 is 1.00 bits per heavy atom. The van der Waals surface area contributed by atoms with Gasteiger partial charge < -0.3 is 0 Å². The Kier molecular flexibility index (Phi) is 16.6. The minimum atomic E-state index is 0. The average molecular weight is 427 g/mol. The zero-order valence-electron chi connectivity index (χ0n) is 16.2. The normalized spacial score (nSPS) is 10.1. The molecule has 0 fully saturated rings. The van der Waals surface area contributed by atoms with Crippen molar-refractivity contribution < 1.29 is 32.7 Å². The molecule has 0 unspecified atom stereocenters. The zero-order valence-corrected chi connectivity index (χ0v) is 21.0. The molecule has 2 rings (SSSR count). The molecule has 0 aromatic heterocycles. The predicted octanol–water partition coefficient (Wildman–Crippen LogP) is 6.34. The average Bonchev–Trinajstić information content (AvgIpc) is 3.03.